The van der Waals surface area contributed by atoms with Gasteiger partial charge in [0.15, 0.2) is 0 Å². The Kier molecular flexibility index (Phi) is 4.17. The number of urea groups is 1. The summed E-state index contributed by atoms with van der Waals surface area (Å²) in [6, 6.07) is 0.0365. The molecule has 0 saturated carbocycles. The van der Waals surface area contributed by atoms with Crippen molar-refractivity contribution in [2.75, 3.05) is 18.8 Å². The second-order valence-corrected chi connectivity index (χ2v) is 8.16. The Morgan fingerprint density at radius 2 is 2.39 bits per heavy atom. The third-order valence-corrected chi connectivity index (χ3v) is 5.01. The van der Waals surface area contributed by atoms with Gasteiger partial charge in [0.25, 0.3) is 0 Å². The molecule has 0 radical (unpaired) electrons. The summed E-state index contributed by atoms with van der Waals surface area (Å²) in [5.74, 6) is 1.01. The SMILES string of the molecule is Cc1ncc(CNC(=O)N2CCSC(C)(C)C2)s1. The molecule has 1 aromatic rings. The van der Waals surface area contributed by atoms with Crippen molar-refractivity contribution >= 4 is 29.1 Å². The number of aromatic nitrogens is 1. The van der Waals surface area contributed by atoms with E-state index < -0.39 is 0 Å². The van der Waals surface area contributed by atoms with E-state index in [2.05, 4.69) is 24.1 Å². The van der Waals surface area contributed by atoms with Crippen molar-refractivity contribution in [1.29, 1.82) is 0 Å². The molecular weight excluding hydrogens is 266 g/mol. The van der Waals surface area contributed by atoms with Crippen LogP contribution in [0.4, 0.5) is 4.79 Å². The number of aryl methyl sites for hydroxylation is 1. The number of hydrogen-bond acceptors (Lipinski definition) is 4. The van der Waals surface area contributed by atoms with Gasteiger partial charge in [-0.1, -0.05) is 0 Å². The second-order valence-electron chi connectivity index (χ2n) is 5.03. The van der Waals surface area contributed by atoms with Gasteiger partial charge in [0.05, 0.1) is 11.6 Å². The van der Waals surface area contributed by atoms with Crippen LogP contribution in [0.15, 0.2) is 6.20 Å². The number of amides is 2. The van der Waals surface area contributed by atoms with Crippen molar-refractivity contribution in [2.24, 2.45) is 0 Å². The van der Waals surface area contributed by atoms with Crippen LogP contribution in [0.1, 0.15) is 23.7 Å². The van der Waals surface area contributed by atoms with E-state index in [0.29, 0.717) is 6.54 Å². The molecule has 1 fully saturated rings. The minimum absolute atomic E-state index is 0.0365. The first-order chi connectivity index (χ1) is 8.46. The summed E-state index contributed by atoms with van der Waals surface area (Å²) in [4.78, 5) is 19.2. The number of carbonyl (C=O) groups excluding carboxylic acids is 1. The molecular formula is C12H19N3OS2. The first-order valence-corrected chi connectivity index (χ1v) is 7.84. The lowest BCUT2D eigenvalue weighted by Crippen LogP contribution is -2.49. The van der Waals surface area contributed by atoms with Crippen molar-refractivity contribution in [3.05, 3.63) is 16.1 Å². The monoisotopic (exact) mass is 285 g/mol. The molecule has 0 bridgehead atoms. The third-order valence-electron chi connectivity index (χ3n) is 2.80. The number of thiazole rings is 1. The molecule has 6 heteroatoms. The number of hydrogen-bond donors (Lipinski definition) is 1. The first kappa shape index (κ1) is 13.7. The Morgan fingerprint density at radius 3 is 3.00 bits per heavy atom. The maximum absolute atomic E-state index is 12.1. The maximum atomic E-state index is 12.1. The predicted octanol–water partition coefficient (Wildman–Crippen LogP) is 2.49. The molecule has 2 rings (SSSR count). The largest absolute Gasteiger partial charge is 0.333 e. The highest BCUT2D eigenvalue weighted by atomic mass is 32.2. The van der Waals surface area contributed by atoms with Crippen LogP contribution in [0.2, 0.25) is 0 Å². The van der Waals surface area contributed by atoms with Crippen LogP contribution in [0.3, 0.4) is 0 Å². The fourth-order valence-electron chi connectivity index (χ4n) is 1.95. The molecule has 0 aromatic carbocycles. The van der Waals surface area contributed by atoms with E-state index in [0.717, 1.165) is 28.7 Å². The first-order valence-electron chi connectivity index (χ1n) is 6.04. The highest BCUT2D eigenvalue weighted by Gasteiger charge is 2.29. The van der Waals surface area contributed by atoms with Gasteiger partial charge in [0, 0.05) is 34.7 Å². The lowest BCUT2D eigenvalue weighted by molar-refractivity contribution is 0.194. The average molecular weight is 285 g/mol. The van der Waals surface area contributed by atoms with E-state index in [1.807, 2.05) is 29.8 Å². The highest BCUT2D eigenvalue weighted by molar-refractivity contribution is 8.00. The lowest BCUT2D eigenvalue weighted by atomic mass is 10.2. The smallest absolute Gasteiger partial charge is 0.317 e. The molecule has 100 valence electrons. The number of nitrogens with zero attached hydrogens (tertiary/aromatic N) is 2. The fraction of sp³-hybridized carbons (Fsp3) is 0.667. The Bertz CT molecular complexity index is 431. The van der Waals surface area contributed by atoms with Crippen molar-refractivity contribution in [1.82, 2.24) is 15.2 Å². The number of rotatable bonds is 2. The van der Waals surface area contributed by atoms with Crippen molar-refractivity contribution in [2.45, 2.75) is 32.1 Å². The van der Waals surface area contributed by atoms with E-state index in [1.54, 1.807) is 11.3 Å². The Morgan fingerprint density at radius 1 is 1.61 bits per heavy atom. The van der Waals surface area contributed by atoms with Gasteiger partial charge in [-0.25, -0.2) is 9.78 Å². The van der Waals surface area contributed by atoms with E-state index in [9.17, 15) is 4.79 Å². The second kappa shape index (κ2) is 5.48. The normalized spacial score (nSPS) is 18.7. The third kappa shape index (κ3) is 3.62. The molecule has 1 aliphatic heterocycles. The van der Waals surface area contributed by atoms with Gasteiger partial charge in [0.1, 0.15) is 0 Å². The average Bonchev–Trinajstić information content (AvgIpc) is 2.70. The van der Waals surface area contributed by atoms with Crippen LogP contribution >= 0.6 is 23.1 Å². The Hall–Kier alpha value is -0.750. The summed E-state index contributed by atoms with van der Waals surface area (Å²) in [5.41, 5.74) is 0. The molecule has 1 N–H and O–H groups in total. The van der Waals surface area contributed by atoms with Gasteiger partial charge in [-0.2, -0.15) is 11.8 Å². The molecule has 0 spiro atoms. The van der Waals surface area contributed by atoms with Crippen molar-refractivity contribution in [3.8, 4) is 0 Å². The fourth-order valence-corrected chi connectivity index (χ4v) is 3.80. The number of carbonyl (C=O) groups is 1. The highest BCUT2D eigenvalue weighted by Crippen LogP contribution is 2.29. The summed E-state index contributed by atoms with van der Waals surface area (Å²) in [6.45, 7) is 8.56. The van der Waals surface area contributed by atoms with Gasteiger partial charge in [-0.3, -0.25) is 0 Å². The zero-order chi connectivity index (χ0) is 13.2. The molecule has 0 atom stereocenters. The van der Waals surface area contributed by atoms with Gasteiger partial charge >= 0.3 is 6.03 Å². The molecule has 18 heavy (non-hydrogen) atoms. The lowest BCUT2D eigenvalue weighted by Gasteiger charge is -2.37. The van der Waals surface area contributed by atoms with Crippen LogP contribution in [0.5, 0.6) is 0 Å². The summed E-state index contributed by atoms with van der Waals surface area (Å²) >= 11 is 3.56. The van der Waals surface area contributed by atoms with Crippen molar-refractivity contribution in [3.63, 3.8) is 0 Å². The topological polar surface area (TPSA) is 45.2 Å². The van der Waals surface area contributed by atoms with E-state index in [-0.39, 0.29) is 10.8 Å². The van der Waals surface area contributed by atoms with Crippen molar-refractivity contribution < 1.29 is 4.79 Å². The van der Waals surface area contributed by atoms with Crippen LogP contribution < -0.4 is 5.32 Å². The maximum Gasteiger partial charge on any atom is 0.317 e. The summed E-state index contributed by atoms with van der Waals surface area (Å²) in [5, 5.41) is 4.00. The minimum atomic E-state index is 0.0365. The molecule has 2 heterocycles. The van der Waals surface area contributed by atoms with Crippen LogP contribution in [-0.4, -0.2) is 39.5 Å². The Labute approximate surface area is 116 Å². The van der Waals surface area contributed by atoms with Gasteiger partial charge in [-0.15, -0.1) is 11.3 Å². The molecule has 4 nitrogen and oxygen atoms in total. The van der Waals surface area contributed by atoms with Crippen LogP contribution in [-0.2, 0) is 6.54 Å². The molecule has 1 aliphatic rings. The minimum Gasteiger partial charge on any atom is -0.333 e. The Balaban J connectivity index is 1.84. The van der Waals surface area contributed by atoms with Gasteiger partial charge in [0.2, 0.25) is 0 Å². The molecule has 0 aliphatic carbocycles. The van der Waals surface area contributed by atoms with Gasteiger partial charge in [-0.05, 0) is 20.8 Å². The standard InChI is InChI=1S/C12H19N3OS2/c1-9-13-6-10(18-9)7-14-11(16)15-4-5-17-12(2,3)8-15/h6H,4-5,7-8H2,1-3H3,(H,14,16). The van der Waals surface area contributed by atoms with Gasteiger partial charge < -0.3 is 10.2 Å². The summed E-state index contributed by atoms with van der Waals surface area (Å²) in [6.07, 6.45) is 1.83. The summed E-state index contributed by atoms with van der Waals surface area (Å²) in [7, 11) is 0. The quantitative estimate of drug-likeness (QED) is 0.908. The van der Waals surface area contributed by atoms with E-state index in [1.165, 1.54) is 0 Å². The molecule has 1 aromatic heterocycles. The molecule has 2 amide bonds. The van der Waals surface area contributed by atoms with E-state index >= 15 is 0 Å². The van der Waals surface area contributed by atoms with Crippen LogP contribution in [0, 0.1) is 6.92 Å². The zero-order valence-electron chi connectivity index (χ0n) is 11.0. The summed E-state index contributed by atoms with van der Waals surface area (Å²) < 4.78 is 0.163. The predicted molar refractivity (Wildman–Crippen MR) is 77.2 cm³/mol. The van der Waals surface area contributed by atoms with Crippen LogP contribution in [0.25, 0.3) is 0 Å². The van der Waals surface area contributed by atoms with E-state index in [4.69, 9.17) is 0 Å². The number of thioether (sulfide) groups is 1. The zero-order valence-corrected chi connectivity index (χ0v) is 12.7. The molecule has 0 unspecified atom stereocenters. The number of nitrogens with one attached hydrogen (secondary N) is 1. The molecule has 1 saturated heterocycles.